The Balaban J connectivity index is 2.03. The topological polar surface area (TPSA) is 76.9 Å². The molecular weight excluding hydrogens is 434 g/mol. The fourth-order valence-electron chi connectivity index (χ4n) is 3.65. The zero-order valence-electron chi connectivity index (χ0n) is 17.8. The van der Waals surface area contributed by atoms with Gasteiger partial charge < -0.3 is 0 Å². The number of anilines is 1. The van der Waals surface area contributed by atoms with Crippen molar-refractivity contribution in [3.8, 4) is 5.69 Å². The number of hydrogen-bond donors (Lipinski definition) is 1. The molecule has 4 aromatic rings. The summed E-state index contributed by atoms with van der Waals surface area (Å²) in [5, 5.41) is 4.84. The molecule has 0 aliphatic heterocycles. The van der Waals surface area contributed by atoms with Crippen molar-refractivity contribution in [3.05, 3.63) is 78.1 Å². The van der Waals surface area contributed by atoms with Crippen LogP contribution in [-0.2, 0) is 15.4 Å². The van der Waals surface area contributed by atoms with E-state index >= 15 is 0 Å². The zero-order chi connectivity index (χ0) is 23.1. The van der Waals surface area contributed by atoms with E-state index in [2.05, 4.69) is 14.8 Å². The van der Waals surface area contributed by atoms with E-state index in [4.69, 9.17) is 0 Å². The molecular formula is C23H22F2N4O2S. The van der Waals surface area contributed by atoms with E-state index < -0.39 is 27.6 Å². The third kappa shape index (κ3) is 3.95. The third-order valence-corrected chi connectivity index (χ3v) is 6.36. The van der Waals surface area contributed by atoms with Gasteiger partial charge in [0.15, 0.2) is 0 Å². The summed E-state index contributed by atoms with van der Waals surface area (Å²) in [6.45, 7) is 5.22. The molecule has 0 fully saturated rings. The van der Waals surface area contributed by atoms with Crippen LogP contribution in [0.3, 0.4) is 0 Å². The van der Waals surface area contributed by atoms with E-state index in [1.54, 1.807) is 75.5 Å². The van der Waals surface area contributed by atoms with E-state index in [9.17, 15) is 17.2 Å². The molecule has 0 amide bonds. The Morgan fingerprint density at radius 3 is 2.34 bits per heavy atom. The van der Waals surface area contributed by atoms with E-state index in [0.717, 1.165) is 0 Å². The number of pyridine rings is 1. The minimum absolute atomic E-state index is 0.0193. The second-order valence-electron chi connectivity index (χ2n) is 8.34. The molecule has 2 aromatic heterocycles. The first-order chi connectivity index (χ1) is 15.1. The van der Waals surface area contributed by atoms with Crippen LogP contribution in [0.2, 0.25) is 0 Å². The summed E-state index contributed by atoms with van der Waals surface area (Å²) >= 11 is 0. The van der Waals surface area contributed by atoms with Crippen molar-refractivity contribution in [2.24, 2.45) is 0 Å². The van der Waals surface area contributed by atoms with Gasteiger partial charge in [-0.05, 0) is 41.8 Å². The number of nitrogens with zero attached hydrogens (tertiary/aromatic N) is 3. The van der Waals surface area contributed by atoms with Gasteiger partial charge in [-0.3, -0.25) is 9.71 Å². The van der Waals surface area contributed by atoms with Crippen molar-refractivity contribution < 1.29 is 17.2 Å². The molecule has 2 heterocycles. The number of aromatic nitrogens is 3. The number of alkyl halides is 2. The third-order valence-electron chi connectivity index (χ3n) is 5.00. The van der Waals surface area contributed by atoms with E-state index in [1.807, 2.05) is 0 Å². The Kier molecular flexibility index (Phi) is 5.46. The molecule has 2 aromatic carbocycles. The first-order valence-electron chi connectivity index (χ1n) is 9.93. The molecule has 0 saturated carbocycles. The smallest absolute Gasteiger partial charge is 0.263 e. The van der Waals surface area contributed by atoms with Crippen LogP contribution in [0.4, 0.5) is 14.6 Å². The highest BCUT2D eigenvalue weighted by molar-refractivity contribution is 7.92. The summed E-state index contributed by atoms with van der Waals surface area (Å²) in [6, 6.07) is 16.5. The second kappa shape index (κ2) is 7.98. The molecule has 0 atom stereocenters. The Morgan fingerprint density at radius 2 is 1.69 bits per heavy atom. The van der Waals surface area contributed by atoms with Crippen LogP contribution in [0.5, 0.6) is 0 Å². The predicted molar refractivity (Wildman–Crippen MR) is 120 cm³/mol. The molecule has 166 valence electrons. The monoisotopic (exact) mass is 456 g/mol. The van der Waals surface area contributed by atoms with Gasteiger partial charge in [0.05, 0.1) is 16.1 Å². The van der Waals surface area contributed by atoms with Crippen LogP contribution in [-0.4, -0.2) is 23.2 Å². The molecule has 0 spiro atoms. The fourth-order valence-corrected chi connectivity index (χ4v) is 4.73. The maximum atomic E-state index is 14.1. The SMILES string of the molecule is CC(C)(C)c1c(C(F)F)nn(-c2cccc3ncccc23)c1NS(=O)(=O)c1ccccc1. The molecule has 0 unspecified atom stereocenters. The first kappa shape index (κ1) is 21.9. The lowest BCUT2D eigenvalue weighted by atomic mass is 9.86. The maximum absolute atomic E-state index is 14.1. The van der Waals surface area contributed by atoms with Gasteiger partial charge in [-0.15, -0.1) is 0 Å². The average molecular weight is 457 g/mol. The molecule has 0 aliphatic rings. The Morgan fingerprint density at radius 1 is 0.969 bits per heavy atom. The summed E-state index contributed by atoms with van der Waals surface area (Å²) in [7, 11) is -4.06. The summed E-state index contributed by atoms with van der Waals surface area (Å²) < 4.78 is 58.2. The summed E-state index contributed by atoms with van der Waals surface area (Å²) in [5.74, 6) is -0.0204. The van der Waals surface area contributed by atoms with Crippen molar-refractivity contribution >= 4 is 26.7 Å². The molecule has 32 heavy (non-hydrogen) atoms. The van der Waals surface area contributed by atoms with Gasteiger partial charge in [0.25, 0.3) is 16.4 Å². The van der Waals surface area contributed by atoms with Crippen LogP contribution in [0.25, 0.3) is 16.6 Å². The minimum Gasteiger partial charge on any atom is -0.263 e. The molecule has 4 rings (SSSR count). The Bertz CT molecular complexity index is 1370. The zero-order valence-corrected chi connectivity index (χ0v) is 18.6. The normalized spacial score (nSPS) is 12.4. The van der Waals surface area contributed by atoms with Crippen LogP contribution >= 0.6 is 0 Å². The first-order valence-corrected chi connectivity index (χ1v) is 11.4. The van der Waals surface area contributed by atoms with E-state index in [1.165, 1.54) is 16.8 Å². The Labute approximate surface area is 185 Å². The lowest BCUT2D eigenvalue weighted by Crippen LogP contribution is -2.21. The largest absolute Gasteiger partial charge is 0.282 e. The molecule has 0 radical (unpaired) electrons. The van der Waals surface area contributed by atoms with Crippen LogP contribution < -0.4 is 4.72 Å². The van der Waals surface area contributed by atoms with Crippen molar-refractivity contribution in [3.63, 3.8) is 0 Å². The number of hydrogen-bond acceptors (Lipinski definition) is 4. The number of halogens is 2. The van der Waals surface area contributed by atoms with Gasteiger partial charge in [0.1, 0.15) is 11.5 Å². The maximum Gasteiger partial charge on any atom is 0.282 e. The number of nitrogens with one attached hydrogen (secondary N) is 1. The van der Waals surface area contributed by atoms with Gasteiger partial charge in [-0.2, -0.15) is 5.10 Å². The highest BCUT2D eigenvalue weighted by Crippen LogP contribution is 2.40. The summed E-state index contributed by atoms with van der Waals surface area (Å²) in [5.41, 5.74) is -0.0782. The number of rotatable bonds is 5. The van der Waals surface area contributed by atoms with Crippen molar-refractivity contribution in [2.75, 3.05) is 4.72 Å². The predicted octanol–water partition coefficient (Wildman–Crippen LogP) is 5.46. The molecule has 9 heteroatoms. The molecule has 1 N–H and O–H groups in total. The van der Waals surface area contributed by atoms with Crippen LogP contribution in [0, 0.1) is 0 Å². The van der Waals surface area contributed by atoms with Gasteiger partial charge in [0.2, 0.25) is 0 Å². The standard InChI is InChI=1S/C23H22F2N4O2S/c1-23(2,3)19-20(21(24)25)27-29(18-13-7-12-17-16(18)11-8-14-26-17)22(19)28-32(30,31)15-9-5-4-6-10-15/h4-14,21,28H,1-3H3. The molecule has 0 saturated heterocycles. The van der Waals surface area contributed by atoms with Crippen molar-refractivity contribution in [2.45, 2.75) is 37.5 Å². The number of sulfonamides is 1. The van der Waals surface area contributed by atoms with Crippen molar-refractivity contribution in [1.29, 1.82) is 0 Å². The van der Waals surface area contributed by atoms with Crippen molar-refractivity contribution in [1.82, 2.24) is 14.8 Å². The summed E-state index contributed by atoms with van der Waals surface area (Å²) in [4.78, 5) is 4.32. The lowest BCUT2D eigenvalue weighted by Gasteiger charge is -2.22. The highest BCUT2D eigenvalue weighted by Gasteiger charge is 2.34. The molecule has 0 bridgehead atoms. The second-order valence-corrected chi connectivity index (χ2v) is 10.0. The molecule has 6 nitrogen and oxygen atoms in total. The number of fused-ring (bicyclic) bond motifs is 1. The van der Waals surface area contributed by atoms with Crippen LogP contribution in [0.1, 0.15) is 38.5 Å². The molecule has 0 aliphatic carbocycles. The average Bonchev–Trinajstić information content (AvgIpc) is 3.13. The Hall–Kier alpha value is -3.33. The quantitative estimate of drug-likeness (QED) is 0.433. The lowest BCUT2D eigenvalue weighted by molar-refractivity contribution is 0.143. The van der Waals surface area contributed by atoms with Gasteiger partial charge in [0, 0.05) is 17.1 Å². The fraction of sp³-hybridized carbons (Fsp3) is 0.217. The van der Waals surface area contributed by atoms with Gasteiger partial charge in [-0.1, -0.05) is 45.0 Å². The highest BCUT2D eigenvalue weighted by atomic mass is 32.2. The number of benzene rings is 2. The minimum atomic E-state index is -4.06. The van der Waals surface area contributed by atoms with Crippen LogP contribution in [0.15, 0.2) is 71.8 Å². The summed E-state index contributed by atoms with van der Waals surface area (Å²) in [6.07, 6.45) is -1.27. The van der Waals surface area contributed by atoms with E-state index in [-0.39, 0.29) is 16.3 Å². The van der Waals surface area contributed by atoms with Gasteiger partial charge in [-0.25, -0.2) is 21.9 Å². The van der Waals surface area contributed by atoms with Gasteiger partial charge >= 0.3 is 0 Å². The van der Waals surface area contributed by atoms with E-state index in [0.29, 0.717) is 16.6 Å².